The highest BCUT2D eigenvalue weighted by Crippen LogP contribution is 2.35. The molecule has 1 fully saturated rings. The van der Waals surface area contributed by atoms with Gasteiger partial charge in [0.2, 0.25) is 5.91 Å². The molecule has 9 nitrogen and oxygen atoms in total. The van der Waals surface area contributed by atoms with Gasteiger partial charge in [-0.25, -0.2) is 9.78 Å². The lowest BCUT2D eigenvalue weighted by Gasteiger charge is -2.29. The number of carboxylic acids is 2. The number of rotatable bonds is 6. The van der Waals surface area contributed by atoms with Gasteiger partial charge in [0.1, 0.15) is 18.5 Å². The Morgan fingerprint density at radius 2 is 1.93 bits per heavy atom. The number of hydrogen-bond acceptors (Lipinski definition) is 5. The van der Waals surface area contributed by atoms with Crippen LogP contribution >= 0.6 is 0 Å². The zero-order valence-electron chi connectivity index (χ0n) is 16.2. The van der Waals surface area contributed by atoms with E-state index in [1.807, 2.05) is 31.5 Å². The van der Waals surface area contributed by atoms with Crippen molar-refractivity contribution in [2.75, 3.05) is 13.2 Å². The minimum absolute atomic E-state index is 0.171. The number of carbonyl (C=O) groups is 3. The molecule has 2 N–H and O–H groups in total. The first-order valence-electron chi connectivity index (χ1n) is 8.85. The number of amides is 1. The van der Waals surface area contributed by atoms with E-state index < -0.39 is 24.2 Å². The molecular weight excluding hydrogens is 399 g/mol. The molecule has 0 aromatic carbocycles. The number of alkyl halides is 3. The van der Waals surface area contributed by atoms with Gasteiger partial charge in [-0.3, -0.25) is 9.59 Å². The molecule has 0 saturated carbocycles. The summed E-state index contributed by atoms with van der Waals surface area (Å²) in [6, 6.07) is -0.171. The Labute approximate surface area is 165 Å². The molecule has 0 radical (unpaired) electrons. The first-order chi connectivity index (χ1) is 13.4. The molecule has 29 heavy (non-hydrogen) atoms. The highest BCUT2D eigenvalue weighted by Gasteiger charge is 2.40. The molecule has 0 bridgehead atoms. The van der Waals surface area contributed by atoms with E-state index in [1.54, 1.807) is 6.20 Å². The van der Waals surface area contributed by atoms with Crippen LogP contribution in [0.15, 0.2) is 12.4 Å². The number of carbonyl (C=O) groups excluding carboxylic acids is 1. The summed E-state index contributed by atoms with van der Waals surface area (Å²) >= 11 is 0. The SMILES string of the molecule is CCn1ccnc1[C@@H]1OCC[C@H]1C(=O)N(CC(=O)O)C(C)C.O=C(O)C(F)(F)F. The number of ether oxygens (including phenoxy) is 1. The van der Waals surface area contributed by atoms with Crippen LogP contribution in [-0.4, -0.2) is 67.9 Å². The van der Waals surface area contributed by atoms with Crippen molar-refractivity contribution in [2.45, 2.75) is 52.1 Å². The molecule has 1 saturated heterocycles. The molecule has 12 heteroatoms. The molecule has 2 heterocycles. The van der Waals surface area contributed by atoms with Crippen molar-refractivity contribution in [1.29, 1.82) is 0 Å². The molecular formula is C17H24F3N3O6. The number of aliphatic carboxylic acids is 2. The largest absolute Gasteiger partial charge is 0.490 e. The quantitative estimate of drug-likeness (QED) is 0.717. The van der Waals surface area contributed by atoms with Crippen LogP contribution in [0.1, 0.15) is 39.1 Å². The number of hydrogen-bond donors (Lipinski definition) is 2. The third-order valence-electron chi connectivity index (χ3n) is 4.21. The van der Waals surface area contributed by atoms with E-state index in [2.05, 4.69) is 4.98 Å². The van der Waals surface area contributed by atoms with E-state index in [0.717, 1.165) is 12.4 Å². The maximum atomic E-state index is 12.8. The Bertz CT molecular complexity index is 720. The van der Waals surface area contributed by atoms with E-state index in [0.29, 0.717) is 13.0 Å². The normalized spacial score (nSPS) is 18.9. The lowest BCUT2D eigenvalue weighted by atomic mass is 9.98. The van der Waals surface area contributed by atoms with Gasteiger partial charge in [0.05, 0.1) is 5.92 Å². The number of aryl methyl sites for hydroxylation is 1. The standard InChI is InChI=1S/C15H23N3O4.C2HF3O2/c1-4-17-7-6-16-14(17)13-11(5-8-22-13)15(21)18(10(2)3)9-12(19)20;3-2(4,5)1(6)7/h6-7,10-11,13H,4-5,8-9H2,1-3H3,(H,19,20);(H,6,7)/t11-,13-;/m1./s1. The Kier molecular flexibility index (Phi) is 8.61. The number of nitrogens with zero attached hydrogens (tertiary/aromatic N) is 3. The van der Waals surface area contributed by atoms with Crippen molar-refractivity contribution >= 4 is 17.8 Å². The second-order valence-electron chi connectivity index (χ2n) is 6.51. The maximum absolute atomic E-state index is 12.8. The highest BCUT2D eigenvalue weighted by atomic mass is 19.4. The lowest BCUT2D eigenvalue weighted by molar-refractivity contribution is -0.192. The van der Waals surface area contributed by atoms with E-state index in [4.69, 9.17) is 19.7 Å². The summed E-state index contributed by atoms with van der Waals surface area (Å²) in [6.45, 7) is 6.58. The minimum atomic E-state index is -5.08. The average Bonchev–Trinajstić information content (AvgIpc) is 3.26. The molecule has 0 unspecified atom stereocenters. The summed E-state index contributed by atoms with van der Waals surface area (Å²) in [7, 11) is 0. The molecule has 2 rings (SSSR count). The van der Waals surface area contributed by atoms with Gasteiger partial charge in [-0.05, 0) is 27.2 Å². The smallest absolute Gasteiger partial charge is 0.480 e. The van der Waals surface area contributed by atoms with E-state index in [-0.39, 0.29) is 24.4 Å². The van der Waals surface area contributed by atoms with Crippen LogP contribution in [0.2, 0.25) is 0 Å². The Morgan fingerprint density at radius 3 is 2.38 bits per heavy atom. The van der Waals surface area contributed by atoms with Crippen molar-refractivity contribution in [3.8, 4) is 0 Å². The van der Waals surface area contributed by atoms with Gasteiger partial charge in [-0.1, -0.05) is 0 Å². The van der Waals surface area contributed by atoms with Gasteiger partial charge >= 0.3 is 18.1 Å². The monoisotopic (exact) mass is 423 g/mol. The summed E-state index contributed by atoms with van der Waals surface area (Å²) in [4.78, 5) is 38.4. The van der Waals surface area contributed by atoms with E-state index in [9.17, 15) is 22.8 Å². The van der Waals surface area contributed by atoms with Crippen molar-refractivity contribution < 1.29 is 42.5 Å². The van der Waals surface area contributed by atoms with Gasteiger partial charge in [0.15, 0.2) is 0 Å². The van der Waals surface area contributed by atoms with Crippen LogP contribution in [0.5, 0.6) is 0 Å². The first-order valence-corrected chi connectivity index (χ1v) is 8.85. The number of halogens is 3. The predicted molar refractivity (Wildman–Crippen MR) is 92.9 cm³/mol. The van der Waals surface area contributed by atoms with Crippen LogP contribution < -0.4 is 0 Å². The average molecular weight is 423 g/mol. The number of aromatic nitrogens is 2. The highest BCUT2D eigenvalue weighted by molar-refractivity contribution is 5.84. The molecule has 164 valence electrons. The topological polar surface area (TPSA) is 122 Å². The summed E-state index contributed by atoms with van der Waals surface area (Å²) in [5.41, 5.74) is 0. The zero-order valence-corrected chi connectivity index (χ0v) is 16.2. The van der Waals surface area contributed by atoms with Crippen LogP contribution in [0, 0.1) is 5.92 Å². The summed E-state index contributed by atoms with van der Waals surface area (Å²) < 4.78 is 39.4. The van der Waals surface area contributed by atoms with Crippen molar-refractivity contribution in [2.24, 2.45) is 5.92 Å². The van der Waals surface area contributed by atoms with Crippen LogP contribution in [0.25, 0.3) is 0 Å². The third-order valence-corrected chi connectivity index (χ3v) is 4.21. The molecule has 0 spiro atoms. The summed E-state index contributed by atoms with van der Waals surface area (Å²) in [5, 5.41) is 16.1. The Balaban J connectivity index is 0.000000516. The second-order valence-corrected chi connectivity index (χ2v) is 6.51. The van der Waals surface area contributed by atoms with Crippen molar-refractivity contribution in [1.82, 2.24) is 14.5 Å². The van der Waals surface area contributed by atoms with Gasteiger partial charge < -0.3 is 24.4 Å². The second kappa shape index (κ2) is 10.2. The van der Waals surface area contributed by atoms with Gasteiger partial charge in [0, 0.05) is 31.6 Å². The maximum Gasteiger partial charge on any atom is 0.490 e. The van der Waals surface area contributed by atoms with E-state index >= 15 is 0 Å². The molecule has 1 aromatic heterocycles. The van der Waals surface area contributed by atoms with Gasteiger partial charge in [-0.15, -0.1) is 0 Å². The van der Waals surface area contributed by atoms with Crippen molar-refractivity contribution in [3.63, 3.8) is 0 Å². The first kappa shape index (κ1) is 24.4. The Hall–Kier alpha value is -2.63. The molecule has 2 atom stereocenters. The zero-order chi connectivity index (χ0) is 22.4. The van der Waals surface area contributed by atoms with Crippen LogP contribution in [0.3, 0.4) is 0 Å². The molecule has 0 aliphatic carbocycles. The lowest BCUT2D eigenvalue weighted by Crippen LogP contribution is -2.44. The molecule has 1 aliphatic heterocycles. The van der Waals surface area contributed by atoms with Crippen LogP contribution in [0.4, 0.5) is 13.2 Å². The van der Waals surface area contributed by atoms with Crippen molar-refractivity contribution in [3.05, 3.63) is 18.2 Å². The number of imidazole rings is 1. The minimum Gasteiger partial charge on any atom is -0.480 e. The van der Waals surface area contributed by atoms with Gasteiger partial charge in [0.25, 0.3) is 0 Å². The molecule has 1 aromatic rings. The predicted octanol–water partition coefficient (Wildman–Crippen LogP) is 1.94. The van der Waals surface area contributed by atoms with Crippen LogP contribution in [-0.2, 0) is 25.7 Å². The summed E-state index contributed by atoms with van der Waals surface area (Å²) in [5.74, 6) is -3.59. The Morgan fingerprint density at radius 1 is 1.34 bits per heavy atom. The molecule has 1 amide bonds. The fraction of sp³-hybridized carbons (Fsp3) is 0.647. The number of carboxylic acid groups (broad SMARTS) is 2. The fourth-order valence-corrected chi connectivity index (χ4v) is 2.82. The molecule has 1 aliphatic rings. The summed E-state index contributed by atoms with van der Waals surface area (Å²) in [6.07, 6.45) is -1.35. The van der Waals surface area contributed by atoms with E-state index in [1.165, 1.54) is 4.90 Å². The third kappa shape index (κ3) is 6.73. The van der Waals surface area contributed by atoms with Gasteiger partial charge in [-0.2, -0.15) is 13.2 Å². The fourth-order valence-electron chi connectivity index (χ4n) is 2.82.